The molecule has 2 N–H and O–H groups in total. The molecule has 0 spiro atoms. The van der Waals surface area contributed by atoms with Crippen molar-refractivity contribution >= 4 is 43.4 Å². The molecule has 8 rings (SSSR count). The van der Waals surface area contributed by atoms with E-state index in [2.05, 4.69) is 14.9 Å². The van der Waals surface area contributed by atoms with Gasteiger partial charge in [0.2, 0.25) is 0 Å². The number of nitrogen functional groups attached to an aromatic ring is 1. The van der Waals surface area contributed by atoms with Crippen LogP contribution in [0.15, 0.2) is 16.9 Å². The van der Waals surface area contributed by atoms with E-state index in [1.54, 1.807) is 0 Å². The Morgan fingerprint density at radius 3 is 2.59 bits per heavy atom. The first kappa shape index (κ1) is 28.1. The number of benzene rings is 1. The molecule has 0 radical (unpaired) electrons. The minimum absolute atomic E-state index is 0.0170. The third kappa shape index (κ3) is 4.53. The van der Waals surface area contributed by atoms with Crippen molar-refractivity contribution in [1.82, 2.24) is 24.4 Å². The van der Waals surface area contributed by atoms with Gasteiger partial charge in [0.05, 0.1) is 21.4 Å². The molecule has 1 aromatic carbocycles. The van der Waals surface area contributed by atoms with Crippen molar-refractivity contribution in [3.8, 4) is 17.3 Å². The zero-order valence-corrected chi connectivity index (χ0v) is 25.1. The van der Waals surface area contributed by atoms with Crippen LogP contribution in [0.5, 0.6) is 6.01 Å². The lowest BCUT2D eigenvalue weighted by atomic mass is 9.95. The van der Waals surface area contributed by atoms with Gasteiger partial charge in [0, 0.05) is 37.7 Å². The molecule has 3 aromatic heterocycles. The molecule has 4 aliphatic rings. The first-order chi connectivity index (χ1) is 21.3. The highest BCUT2D eigenvalue weighted by Gasteiger charge is 2.49. The van der Waals surface area contributed by atoms with Crippen LogP contribution in [-0.4, -0.2) is 68.9 Å². The van der Waals surface area contributed by atoms with Gasteiger partial charge in [0.1, 0.15) is 35.3 Å². The quantitative estimate of drug-likeness (QED) is 0.296. The summed E-state index contributed by atoms with van der Waals surface area (Å²) in [6, 6.07) is 2.47. The molecule has 44 heavy (non-hydrogen) atoms. The predicted molar refractivity (Wildman–Crippen MR) is 164 cm³/mol. The van der Waals surface area contributed by atoms with Crippen LogP contribution < -0.4 is 20.9 Å². The molecule has 4 fully saturated rings. The van der Waals surface area contributed by atoms with Gasteiger partial charge in [-0.1, -0.05) is 24.2 Å². The van der Waals surface area contributed by atoms with Gasteiger partial charge in [0.25, 0.3) is 5.56 Å². The van der Waals surface area contributed by atoms with Crippen LogP contribution in [0.4, 0.5) is 24.1 Å². The summed E-state index contributed by atoms with van der Waals surface area (Å²) in [5.41, 5.74) is 5.50. The lowest BCUT2D eigenvalue weighted by Crippen LogP contribution is -2.43. The summed E-state index contributed by atoms with van der Waals surface area (Å²) in [5, 5.41) is 0.269. The van der Waals surface area contributed by atoms with E-state index < -0.39 is 23.3 Å². The minimum Gasteiger partial charge on any atom is -0.461 e. The summed E-state index contributed by atoms with van der Waals surface area (Å²) < 4.78 is 54.2. The maximum Gasteiger partial charge on any atom is 0.319 e. The average molecular weight is 626 g/mol. The maximum absolute atomic E-state index is 17.1. The van der Waals surface area contributed by atoms with E-state index in [4.69, 9.17) is 15.5 Å². The number of thiazole rings is 1. The molecule has 6 heterocycles. The number of pyridine rings is 1. The molecule has 3 aliphatic heterocycles. The van der Waals surface area contributed by atoms with Crippen LogP contribution in [-0.2, 0) is 0 Å². The van der Waals surface area contributed by atoms with Crippen LogP contribution in [0, 0.1) is 11.6 Å². The van der Waals surface area contributed by atoms with Gasteiger partial charge < -0.3 is 19.9 Å². The average Bonchev–Trinajstić information content (AvgIpc) is 3.64. The third-order valence-corrected chi connectivity index (χ3v) is 10.7. The van der Waals surface area contributed by atoms with Gasteiger partial charge in [0.15, 0.2) is 10.9 Å². The summed E-state index contributed by atoms with van der Waals surface area (Å²) in [6.07, 6.45) is 6.64. The van der Waals surface area contributed by atoms with Crippen LogP contribution in [0.25, 0.3) is 32.4 Å². The number of rotatable bonds is 6. The second-order valence-electron chi connectivity index (χ2n) is 12.7. The minimum atomic E-state index is -0.919. The first-order valence-corrected chi connectivity index (χ1v) is 16.4. The van der Waals surface area contributed by atoms with Crippen molar-refractivity contribution in [2.45, 2.75) is 75.5 Å². The molecule has 3 saturated heterocycles. The van der Waals surface area contributed by atoms with E-state index in [0.29, 0.717) is 31.9 Å². The normalized spacial score (nSPS) is 24.3. The molecule has 232 valence electrons. The number of fused-ring (bicyclic) bond motifs is 3. The fourth-order valence-electron chi connectivity index (χ4n) is 7.56. The first-order valence-electron chi connectivity index (χ1n) is 15.6. The summed E-state index contributed by atoms with van der Waals surface area (Å²) in [4.78, 5) is 32.3. The van der Waals surface area contributed by atoms with Crippen LogP contribution in [0.2, 0.25) is 0 Å². The molecule has 1 aliphatic carbocycles. The smallest absolute Gasteiger partial charge is 0.319 e. The number of hydrogen-bond acceptors (Lipinski definition) is 9. The molecule has 1 saturated carbocycles. The maximum atomic E-state index is 17.1. The molecule has 0 bridgehead atoms. The highest BCUT2D eigenvalue weighted by atomic mass is 32.1. The van der Waals surface area contributed by atoms with Gasteiger partial charge in [-0.05, 0) is 57.2 Å². The summed E-state index contributed by atoms with van der Waals surface area (Å²) in [6.45, 7) is 2.73. The summed E-state index contributed by atoms with van der Waals surface area (Å²) in [7, 11) is 0. The molecule has 4 aromatic rings. The van der Waals surface area contributed by atoms with Gasteiger partial charge in [-0.2, -0.15) is 9.97 Å². The lowest BCUT2D eigenvalue weighted by Gasteiger charge is -2.31. The van der Waals surface area contributed by atoms with E-state index in [-0.39, 0.29) is 61.7 Å². The number of alkyl halides is 1. The number of ether oxygens (including phenoxy) is 1. The van der Waals surface area contributed by atoms with E-state index in [1.165, 1.54) is 16.7 Å². The number of halogens is 3. The van der Waals surface area contributed by atoms with Crippen LogP contribution in [0.1, 0.15) is 63.8 Å². The predicted octanol–water partition coefficient (Wildman–Crippen LogP) is 5.60. The fraction of sp³-hybridized carbons (Fsp3) is 0.548. The Morgan fingerprint density at radius 1 is 1.02 bits per heavy atom. The highest BCUT2D eigenvalue weighted by Crippen LogP contribution is 2.44. The summed E-state index contributed by atoms with van der Waals surface area (Å²) >= 11 is 0.981. The van der Waals surface area contributed by atoms with Crippen molar-refractivity contribution in [3.63, 3.8) is 0 Å². The lowest BCUT2D eigenvalue weighted by molar-refractivity contribution is 0.107. The van der Waals surface area contributed by atoms with Crippen molar-refractivity contribution in [2.75, 3.05) is 43.4 Å². The Balaban J connectivity index is 1.33. The van der Waals surface area contributed by atoms with Gasteiger partial charge >= 0.3 is 6.01 Å². The topological polar surface area (TPSA) is 102 Å². The molecular formula is C31H34F3N7O2S. The van der Waals surface area contributed by atoms with E-state index in [1.807, 2.05) is 4.90 Å². The van der Waals surface area contributed by atoms with E-state index in [9.17, 15) is 13.6 Å². The number of aromatic nitrogens is 4. The number of anilines is 2. The Kier molecular flexibility index (Phi) is 6.74. The molecular weight excluding hydrogens is 591 g/mol. The monoisotopic (exact) mass is 625 g/mol. The van der Waals surface area contributed by atoms with Crippen LogP contribution in [0.3, 0.4) is 0 Å². The third-order valence-electron chi connectivity index (χ3n) is 9.77. The number of hydrogen-bond donors (Lipinski definition) is 1. The number of nitrogens with two attached hydrogens (primary N) is 1. The zero-order chi connectivity index (χ0) is 30.2. The van der Waals surface area contributed by atoms with Gasteiger partial charge in [-0.3, -0.25) is 9.69 Å². The summed E-state index contributed by atoms with van der Waals surface area (Å²) in [5.74, 6) is -0.849. The van der Waals surface area contributed by atoms with E-state index in [0.717, 1.165) is 69.2 Å². The zero-order valence-electron chi connectivity index (χ0n) is 24.3. The molecule has 0 unspecified atom stereocenters. The van der Waals surface area contributed by atoms with Crippen molar-refractivity contribution in [1.29, 1.82) is 0 Å². The van der Waals surface area contributed by atoms with Crippen molar-refractivity contribution in [2.24, 2.45) is 0 Å². The molecule has 0 amide bonds. The molecule has 13 heteroatoms. The van der Waals surface area contributed by atoms with Crippen molar-refractivity contribution in [3.05, 3.63) is 34.1 Å². The standard InChI is InChI=1S/C31H34F3N7O2S/c32-17-14-31(10-5-13-40(31)15-17)16-43-30-37-24-21(27(38-30)39-11-3-1-2-4-12-39)28(42)41(18-6-7-18)25(22(24)34)19-8-9-20(33)26-23(19)36-29(35)44-26/h8-9,17-18H,1-7,10-16H2,(H2,35,36)/t17-,31+/m1/s1. The van der Waals surface area contributed by atoms with E-state index >= 15 is 4.39 Å². The molecule has 9 nitrogen and oxygen atoms in total. The van der Waals surface area contributed by atoms with Gasteiger partial charge in [-0.25, -0.2) is 18.2 Å². The Labute approximate surface area is 255 Å². The Hall–Kier alpha value is -3.45. The molecule has 2 atom stereocenters. The largest absolute Gasteiger partial charge is 0.461 e. The SMILES string of the molecule is Nc1nc2c(-c3c(F)c4nc(OC[C@@]56CCCN5C[C@H](F)C6)nc(N5CCCCCC5)c4c(=O)n3C3CC3)ccc(F)c2s1. The second-order valence-corrected chi connectivity index (χ2v) is 13.7. The Bertz CT molecular complexity index is 1840. The highest BCUT2D eigenvalue weighted by molar-refractivity contribution is 7.22. The van der Waals surface area contributed by atoms with Crippen LogP contribution >= 0.6 is 11.3 Å². The second kappa shape index (κ2) is 10.6. The van der Waals surface area contributed by atoms with Crippen molar-refractivity contribution < 1.29 is 17.9 Å². The Morgan fingerprint density at radius 2 is 1.82 bits per heavy atom. The van der Waals surface area contributed by atoms with Gasteiger partial charge in [-0.15, -0.1) is 0 Å². The number of nitrogens with zero attached hydrogens (tertiary/aromatic N) is 6. The fourth-order valence-corrected chi connectivity index (χ4v) is 8.32.